The van der Waals surface area contributed by atoms with E-state index in [1.54, 1.807) is 0 Å². The molecule has 1 aromatic heterocycles. The highest BCUT2D eigenvalue weighted by Crippen LogP contribution is 2.05. The first-order valence-corrected chi connectivity index (χ1v) is 5.78. The summed E-state index contributed by atoms with van der Waals surface area (Å²) in [4.78, 5) is 11.5. The van der Waals surface area contributed by atoms with Crippen LogP contribution >= 0.6 is 0 Å². The first-order valence-electron chi connectivity index (χ1n) is 5.78. The van der Waals surface area contributed by atoms with Crippen molar-refractivity contribution in [2.45, 2.75) is 52.0 Å². The van der Waals surface area contributed by atoms with E-state index in [1.807, 2.05) is 6.92 Å². The molecule has 1 heterocycles. The lowest BCUT2D eigenvalue weighted by molar-refractivity contribution is 0.0927. The zero-order valence-corrected chi connectivity index (χ0v) is 9.86. The van der Waals surface area contributed by atoms with Crippen LogP contribution in [0.15, 0.2) is 0 Å². The molecule has 0 spiro atoms. The molecule has 0 radical (unpaired) electrons. The Kier molecular flexibility index (Phi) is 5.45. The monoisotopic (exact) mass is 225 g/mol. The van der Waals surface area contributed by atoms with E-state index in [1.165, 1.54) is 19.3 Å². The molecule has 1 unspecified atom stereocenters. The van der Waals surface area contributed by atoms with Gasteiger partial charge in [0.2, 0.25) is 0 Å². The van der Waals surface area contributed by atoms with Crippen molar-refractivity contribution < 1.29 is 4.79 Å². The summed E-state index contributed by atoms with van der Waals surface area (Å²) in [5.41, 5.74) is 0. The third-order valence-corrected chi connectivity index (χ3v) is 2.42. The Morgan fingerprint density at radius 2 is 2.25 bits per heavy atom. The first kappa shape index (κ1) is 12.6. The zero-order valence-electron chi connectivity index (χ0n) is 9.86. The van der Waals surface area contributed by atoms with Gasteiger partial charge in [0.1, 0.15) is 0 Å². The fourth-order valence-corrected chi connectivity index (χ4v) is 1.50. The molecule has 0 bridgehead atoms. The van der Waals surface area contributed by atoms with Gasteiger partial charge in [-0.25, -0.2) is 0 Å². The average Bonchev–Trinajstić information content (AvgIpc) is 2.77. The van der Waals surface area contributed by atoms with Crippen molar-refractivity contribution in [2.75, 3.05) is 0 Å². The van der Waals surface area contributed by atoms with Crippen LogP contribution in [0.25, 0.3) is 0 Å². The van der Waals surface area contributed by atoms with Gasteiger partial charge in [0.15, 0.2) is 0 Å². The van der Waals surface area contributed by atoms with Crippen molar-refractivity contribution in [3.05, 3.63) is 5.82 Å². The van der Waals surface area contributed by atoms with Crippen LogP contribution in [0.3, 0.4) is 0 Å². The Balaban J connectivity index is 2.19. The molecular weight excluding hydrogens is 206 g/mol. The molecule has 6 heteroatoms. The topological polar surface area (TPSA) is 83.6 Å². The normalized spacial score (nSPS) is 12.4. The second-order valence-corrected chi connectivity index (χ2v) is 3.96. The van der Waals surface area contributed by atoms with E-state index in [-0.39, 0.29) is 17.8 Å². The van der Waals surface area contributed by atoms with E-state index in [0.29, 0.717) is 0 Å². The van der Waals surface area contributed by atoms with Gasteiger partial charge in [-0.15, -0.1) is 10.2 Å². The molecule has 90 valence electrons. The lowest BCUT2D eigenvalue weighted by Crippen LogP contribution is -2.33. The summed E-state index contributed by atoms with van der Waals surface area (Å²) in [6.07, 6.45) is 5.83. The van der Waals surface area contributed by atoms with Gasteiger partial charge in [0, 0.05) is 6.04 Å². The minimum Gasteiger partial charge on any atom is -0.347 e. The molecule has 1 atom stereocenters. The maximum Gasteiger partial charge on any atom is 0.293 e. The predicted octanol–water partition coefficient (Wildman–Crippen LogP) is 1.29. The van der Waals surface area contributed by atoms with E-state index in [0.717, 1.165) is 12.8 Å². The Morgan fingerprint density at radius 3 is 2.88 bits per heavy atom. The third-order valence-electron chi connectivity index (χ3n) is 2.42. The van der Waals surface area contributed by atoms with E-state index in [2.05, 4.69) is 32.9 Å². The number of hydrogen-bond donors (Lipinski definition) is 2. The number of nitrogens with zero attached hydrogens (tertiary/aromatic N) is 3. The minimum atomic E-state index is -0.267. The lowest BCUT2D eigenvalue weighted by atomic mass is 10.1. The molecule has 0 aromatic carbocycles. The Morgan fingerprint density at radius 1 is 1.44 bits per heavy atom. The highest BCUT2D eigenvalue weighted by atomic mass is 16.2. The SMILES string of the molecule is CCCCCCC(C)NC(=O)c1nn[nH]n1. The van der Waals surface area contributed by atoms with Crippen molar-refractivity contribution in [1.29, 1.82) is 0 Å². The Hall–Kier alpha value is -1.46. The van der Waals surface area contributed by atoms with Gasteiger partial charge in [-0.05, 0) is 18.6 Å². The molecule has 1 aromatic rings. The van der Waals surface area contributed by atoms with Gasteiger partial charge in [0.05, 0.1) is 0 Å². The number of aromatic nitrogens is 4. The Bertz CT molecular complexity index is 298. The summed E-state index contributed by atoms with van der Waals surface area (Å²) >= 11 is 0. The van der Waals surface area contributed by atoms with Crippen molar-refractivity contribution in [2.24, 2.45) is 0 Å². The number of nitrogens with one attached hydrogen (secondary N) is 2. The summed E-state index contributed by atoms with van der Waals surface area (Å²) < 4.78 is 0. The average molecular weight is 225 g/mol. The number of carbonyl (C=O) groups is 1. The Labute approximate surface area is 95.2 Å². The highest BCUT2D eigenvalue weighted by Gasteiger charge is 2.12. The van der Waals surface area contributed by atoms with Gasteiger partial charge < -0.3 is 5.32 Å². The molecule has 1 amide bonds. The molecule has 1 rings (SSSR count). The summed E-state index contributed by atoms with van der Waals surface area (Å²) in [6, 6.07) is 0.155. The molecule has 0 fully saturated rings. The van der Waals surface area contributed by atoms with Crippen molar-refractivity contribution >= 4 is 5.91 Å². The standard InChI is InChI=1S/C10H19N5O/c1-3-4-5-6-7-8(2)11-10(16)9-12-14-15-13-9/h8H,3-7H2,1-2H3,(H,11,16)(H,12,13,14,15). The number of carbonyl (C=O) groups excluding carboxylic acids is 1. The molecule has 0 aliphatic rings. The van der Waals surface area contributed by atoms with E-state index >= 15 is 0 Å². The maximum atomic E-state index is 11.5. The van der Waals surface area contributed by atoms with Crippen LogP contribution in [0.4, 0.5) is 0 Å². The molecule has 0 aliphatic carbocycles. The van der Waals surface area contributed by atoms with Gasteiger partial charge in [0.25, 0.3) is 11.7 Å². The summed E-state index contributed by atoms with van der Waals surface area (Å²) in [7, 11) is 0. The van der Waals surface area contributed by atoms with Crippen LogP contribution in [-0.2, 0) is 0 Å². The van der Waals surface area contributed by atoms with Gasteiger partial charge >= 0.3 is 0 Å². The molecular formula is C10H19N5O. The number of unbranched alkanes of at least 4 members (excludes halogenated alkanes) is 3. The van der Waals surface area contributed by atoms with Crippen LogP contribution < -0.4 is 5.32 Å². The molecule has 0 aliphatic heterocycles. The summed E-state index contributed by atoms with van der Waals surface area (Å²) in [5.74, 6) is -0.169. The molecule has 6 nitrogen and oxygen atoms in total. The van der Waals surface area contributed by atoms with Crippen molar-refractivity contribution in [3.8, 4) is 0 Å². The number of hydrogen-bond acceptors (Lipinski definition) is 4. The van der Waals surface area contributed by atoms with Crippen LogP contribution in [0.5, 0.6) is 0 Å². The largest absolute Gasteiger partial charge is 0.347 e. The van der Waals surface area contributed by atoms with E-state index in [4.69, 9.17) is 0 Å². The fraction of sp³-hybridized carbons (Fsp3) is 0.800. The van der Waals surface area contributed by atoms with E-state index in [9.17, 15) is 4.79 Å². The van der Waals surface area contributed by atoms with E-state index < -0.39 is 0 Å². The molecule has 16 heavy (non-hydrogen) atoms. The lowest BCUT2D eigenvalue weighted by Gasteiger charge is -2.11. The second-order valence-electron chi connectivity index (χ2n) is 3.96. The second kappa shape index (κ2) is 6.92. The minimum absolute atomic E-state index is 0.0976. The number of H-pyrrole nitrogens is 1. The first-order chi connectivity index (χ1) is 7.74. The van der Waals surface area contributed by atoms with Crippen LogP contribution in [0, 0.1) is 0 Å². The van der Waals surface area contributed by atoms with Crippen LogP contribution in [0.1, 0.15) is 56.6 Å². The summed E-state index contributed by atoms with van der Waals surface area (Å²) in [5, 5.41) is 15.7. The van der Waals surface area contributed by atoms with Gasteiger partial charge in [-0.3, -0.25) is 4.79 Å². The van der Waals surface area contributed by atoms with Gasteiger partial charge in [-0.2, -0.15) is 5.21 Å². The molecule has 0 saturated carbocycles. The highest BCUT2D eigenvalue weighted by molar-refractivity contribution is 5.90. The number of rotatable bonds is 7. The third kappa shape index (κ3) is 4.37. The molecule has 2 N–H and O–H groups in total. The van der Waals surface area contributed by atoms with Crippen LogP contribution in [-0.4, -0.2) is 32.6 Å². The van der Waals surface area contributed by atoms with Crippen molar-refractivity contribution in [1.82, 2.24) is 25.9 Å². The van der Waals surface area contributed by atoms with Gasteiger partial charge in [-0.1, -0.05) is 32.6 Å². The zero-order chi connectivity index (χ0) is 11.8. The fourth-order valence-electron chi connectivity index (χ4n) is 1.50. The summed E-state index contributed by atoms with van der Waals surface area (Å²) in [6.45, 7) is 4.17. The predicted molar refractivity (Wildman–Crippen MR) is 59.9 cm³/mol. The number of aromatic amines is 1. The van der Waals surface area contributed by atoms with Crippen LogP contribution in [0.2, 0.25) is 0 Å². The number of tetrazole rings is 1. The molecule has 0 saturated heterocycles. The maximum absolute atomic E-state index is 11.5. The number of amides is 1. The smallest absolute Gasteiger partial charge is 0.293 e. The quantitative estimate of drug-likeness (QED) is 0.685. The van der Waals surface area contributed by atoms with Crippen molar-refractivity contribution in [3.63, 3.8) is 0 Å².